The largest absolute Gasteiger partial charge is 0.398 e. The van der Waals surface area contributed by atoms with Crippen LogP contribution in [0.25, 0.3) is 5.69 Å². The van der Waals surface area contributed by atoms with Crippen LogP contribution in [-0.2, 0) is 0 Å². The van der Waals surface area contributed by atoms with E-state index < -0.39 is 0 Å². The van der Waals surface area contributed by atoms with Gasteiger partial charge < -0.3 is 5.73 Å². The van der Waals surface area contributed by atoms with Gasteiger partial charge >= 0.3 is 0 Å². The Morgan fingerprint density at radius 2 is 2.15 bits per heavy atom. The van der Waals surface area contributed by atoms with Gasteiger partial charge in [-0.15, -0.1) is 0 Å². The molecule has 0 aliphatic heterocycles. The minimum Gasteiger partial charge on any atom is -0.398 e. The van der Waals surface area contributed by atoms with Crippen LogP contribution in [0.15, 0.2) is 36.7 Å². The first-order chi connectivity index (χ1) is 6.29. The molecule has 1 heterocycles. The van der Waals surface area contributed by atoms with Crippen LogP contribution >= 0.6 is 0 Å². The Kier molecular flexibility index (Phi) is 1.77. The molecule has 0 saturated heterocycles. The number of nitrogens with zero attached hydrogens (tertiary/aromatic N) is 1. The van der Waals surface area contributed by atoms with Crippen molar-refractivity contribution in [2.24, 2.45) is 0 Å². The van der Waals surface area contributed by atoms with Gasteiger partial charge in [0.2, 0.25) is 11.9 Å². The summed E-state index contributed by atoms with van der Waals surface area (Å²) in [5.41, 5.74) is 8.80. The number of aromatic nitrogens is 2. The highest BCUT2D eigenvalue weighted by atomic mass is 15.3. The number of H-pyrrole nitrogens is 1. The van der Waals surface area contributed by atoms with Crippen molar-refractivity contribution >= 4 is 5.69 Å². The summed E-state index contributed by atoms with van der Waals surface area (Å²) in [5.74, 6) is 0. The summed E-state index contributed by atoms with van der Waals surface area (Å²) in [7, 11) is 0. The average Bonchev–Trinajstić information content (AvgIpc) is 2.62. The van der Waals surface area contributed by atoms with Gasteiger partial charge in [0.15, 0.2) is 0 Å². The van der Waals surface area contributed by atoms with Gasteiger partial charge in [0.25, 0.3) is 0 Å². The summed E-state index contributed by atoms with van der Waals surface area (Å²) < 4.78 is 1.94. The molecule has 2 aromatic rings. The molecule has 66 valence electrons. The zero-order chi connectivity index (χ0) is 9.26. The van der Waals surface area contributed by atoms with Crippen LogP contribution in [0.3, 0.4) is 0 Å². The Hall–Kier alpha value is -1.77. The second kappa shape index (κ2) is 2.94. The summed E-state index contributed by atoms with van der Waals surface area (Å²) in [5, 5.41) is 3.08. The first-order valence-electron chi connectivity index (χ1n) is 4.19. The molecule has 3 N–H and O–H groups in total. The van der Waals surface area contributed by atoms with Crippen LogP contribution in [-0.4, -0.2) is 5.10 Å². The van der Waals surface area contributed by atoms with Crippen LogP contribution < -0.4 is 10.4 Å². The number of anilines is 1. The minimum atomic E-state index is 0.819. The molecule has 3 nitrogen and oxygen atoms in total. The summed E-state index contributed by atoms with van der Waals surface area (Å²) in [6.07, 6.45) is 3.84. The maximum atomic E-state index is 5.80. The Balaban J connectivity index is 2.59. The Morgan fingerprint density at radius 1 is 1.31 bits per heavy atom. The maximum absolute atomic E-state index is 5.80. The quantitative estimate of drug-likeness (QED) is 0.495. The molecule has 0 atom stereocenters. The zero-order valence-corrected chi connectivity index (χ0v) is 7.49. The van der Waals surface area contributed by atoms with E-state index in [0.29, 0.717) is 0 Å². The number of rotatable bonds is 1. The molecule has 13 heavy (non-hydrogen) atoms. The van der Waals surface area contributed by atoms with E-state index in [9.17, 15) is 0 Å². The van der Waals surface area contributed by atoms with Crippen LogP contribution in [0, 0.1) is 6.92 Å². The lowest BCUT2D eigenvalue weighted by molar-refractivity contribution is -0.655. The summed E-state index contributed by atoms with van der Waals surface area (Å²) in [6.45, 7) is 2.01. The first kappa shape index (κ1) is 7.86. The fourth-order valence-corrected chi connectivity index (χ4v) is 1.35. The topological polar surface area (TPSA) is 45.7 Å². The fourth-order valence-electron chi connectivity index (χ4n) is 1.35. The van der Waals surface area contributed by atoms with Gasteiger partial charge in [0.1, 0.15) is 0 Å². The minimum absolute atomic E-state index is 0.819. The smallest absolute Gasteiger partial charge is 0.240 e. The zero-order valence-electron chi connectivity index (χ0n) is 7.49. The lowest BCUT2D eigenvalue weighted by Gasteiger charge is -1.99. The van der Waals surface area contributed by atoms with Gasteiger partial charge in [-0.1, -0.05) is 10.7 Å². The summed E-state index contributed by atoms with van der Waals surface area (Å²) >= 11 is 0. The van der Waals surface area contributed by atoms with Crippen LogP contribution in [0.1, 0.15) is 5.56 Å². The van der Waals surface area contributed by atoms with E-state index in [0.717, 1.165) is 16.9 Å². The molecule has 0 saturated carbocycles. The monoisotopic (exact) mass is 174 g/mol. The van der Waals surface area contributed by atoms with Crippen molar-refractivity contribution in [1.29, 1.82) is 0 Å². The molecule has 2 rings (SSSR count). The van der Waals surface area contributed by atoms with E-state index in [-0.39, 0.29) is 0 Å². The number of aromatic amines is 1. The van der Waals surface area contributed by atoms with Gasteiger partial charge in [-0.05, 0) is 13.0 Å². The third-order valence-electron chi connectivity index (χ3n) is 2.15. The normalized spacial score (nSPS) is 10.2. The molecule has 0 fully saturated rings. The molecule has 0 unspecified atom stereocenters. The van der Waals surface area contributed by atoms with Crippen molar-refractivity contribution < 1.29 is 4.68 Å². The van der Waals surface area contributed by atoms with Crippen LogP contribution in [0.5, 0.6) is 0 Å². The van der Waals surface area contributed by atoms with Crippen molar-refractivity contribution in [3.63, 3.8) is 0 Å². The van der Waals surface area contributed by atoms with Crippen molar-refractivity contribution in [3.05, 3.63) is 42.2 Å². The fraction of sp³-hybridized carbons (Fsp3) is 0.100. The van der Waals surface area contributed by atoms with Crippen LogP contribution in [0.4, 0.5) is 5.69 Å². The predicted molar refractivity (Wildman–Crippen MR) is 51.5 cm³/mol. The Labute approximate surface area is 76.8 Å². The lowest BCUT2D eigenvalue weighted by Crippen LogP contribution is -2.32. The molecule has 0 amide bonds. The summed E-state index contributed by atoms with van der Waals surface area (Å²) in [6, 6.07) is 7.83. The van der Waals surface area contributed by atoms with E-state index >= 15 is 0 Å². The highest BCUT2D eigenvalue weighted by Crippen LogP contribution is 2.14. The van der Waals surface area contributed by atoms with Gasteiger partial charge in [0.05, 0.1) is 6.20 Å². The molecule has 0 aliphatic carbocycles. The second-order valence-corrected chi connectivity index (χ2v) is 3.00. The van der Waals surface area contributed by atoms with E-state index in [2.05, 4.69) is 5.10 Å². The second-order valence-electron chi connectivity index (χ2n) is 3.00. The predicted octanol–water partition coefficient (Wildman–Crippen LogP) is 1.18. The molecule has 0 aliphatic rings. The molecule has 0 spiro atoms. The Bertz CT molecular complexity index is 404. The number of hydrogen-bond acceptors (Lipinski definition) is 1. The van der Waals surface area contributed by atoms with Gasteiger partial charge in [-0.2, -0.15) is 5.10 Å². The molecular weight excluding hydrogens is 162 g/mol. The molecule has 0 bridgehead atoms. The third-order valence-corrected chi connectivity index (χ3v) is 2.15. The molecule has 1 aromatic heterocycles. The number of nitrogen functional groups attached to an aromatic ring is 1. The van der Waals surface area contributed by atoms with Crippen molar-refractivity contribution in [2.75, 3.05) is 5.73 Å². The van der Waals surface area contributed by atoms with E-state index in [1.165, 1.54) is 0 Å². The highest BCUT2D eigenvalue weighted by Gasteiger charge is 2.10. The molecule has 3 heteroatoms. The van der Waals surface area contributed by atoms with Gasteiger partial charge in [-0.25, -0.2) is 0 Å². The van der Waals surface area contributed by atoms with E-state index in [1.807, 2.05) is 48.3 Å². The number of nitrogens with two attached hydrogens (primary N) is 1. The number of hydrogen-bond donors (Lipinski definition) is 2. The Morgan fingerprint density at radius 3 is 2.85 bits per heavy atom. The third kappa shape index (κ3) is 1.28. The van der Waals surface area contributed by atoms with Gasteiger partial charge in [0, 0.05) is 23.4 Å². The molecular formula is C10H12N3+. The van der Waals surface area contributed by atoms with Crippen molar-refractivity contribution in [2.45, 2.75) is 6.92 Å². The van der Waals surface area contributed by atoms with E-state index in [4.69, 9.17) is 5.73 Å². The molecule has 0 radical (unpaired) electrons. The first-order valence-corrected chi connectivity index (χ1v) is 4.19. The van der Waals surface area contributed by atoms with Crippen molar-refractivity contribution in [3.8, 4) is 5.69 Å². The number of benzene rings is 1. The lowest BCUT2D eigenvalue weighted by atomic mass is 10.1. The van der Waals surface area contributed by atoms with Crippen LogP contribution in [0.2, 0.25) is 0 Å². The highest BCUT2D eigenvalue weighted by molar-refractivity contribution is 5.53. The number of nitrogens with one attached hydrogen (secondary N) is 1. The maximum Gasteiger partial charge on any atom is 0.240 e. The SMILES string of the molecule is Cc1c(N)cccc1-[n+]1ccc[nH]1. The average molecular weight is 174 g/mol. The van der Waals surface area contributed by atoms with Crippen molar-refractivity contribution in [1.82, 2.24) is 5.10 Å². The van der Waals surface area contributed by atoms with E-state index in [1.54, 1.807) is 0 Å². The molecule has 1 aromatic carbocycles. The van der Waals surface area contributed by atoms with Gasteiger partial charge in [-0.3, -0.25) is 0 Å². The standard InChI is InChI=1S/C10H11N3/c1-8-9(11)4-2-5-10(8)13-7-3-6-12-13/h2-7H,11H2,1H3/p+1. The summed E-state index contributed by atoms with van der Waals surface area (Å²) in [4.78, 5) is 0.